The number of hydrogen-bond acceptors (Lipinski definition) is 7. The van der Waals surface area contributed by atoms with Crippen molar-refractivity contribution in [2.24, 2.45) is 0 Å². The van der Waals surface area contributed by atoms with Gasteiger partial charge in [0.25, 0.3) is 0 Å². The standard InChI is InChI=1S/C28H22BN3O6/c33-24-7-3-1-5-22(24)26-30-27(32(31-26)21-15-11-19(12-16-21)28(34)35)23-6-2-4-8-25(23)38-17-18-9-13-20(14-10-18)29(36)37/h1-16,33,36-37H,17H2,(H,34,35). The number of para-hydroxylation sites is 2. The van der Waals surface area contributed by atoms with Crippen LogP contribution >= 0.6 is 0 Å². The number of ether oxygens (including phenoxy) is 1. The molecule has 0 unspecified atom stereocenters. The molecular formula is C28H22BN3O6. The summed E-state index contributed by atoms with van der Waals surface area (Å²) in [5.41, 5.74) is 3.00. The molecule has 0 bridgehead atoms. The Hall–Kier alpha value is -4.93. The first kappa shape index (κ1) is 24.8. The topological polar surface area (TPSA) is 138 Å². The number of rotatable bonds is 8. The number of phenols is 1. The molecule has 5 rings (SSSR count). The highest BCUT2D eigenvalue weighted by molar-refractivity contribution is 6.58. The molecule has 1 aromatic heterocycles. The highest BCUT2D eigenvalue weighted by Gasteiger charge is 2.20. The van der Waals surface area contributed by atoms with E-state index in [9.17, 15) is 25.1 Å². The Morgan fingerprint density at radius 3 is 2.16 bits per heavy atom. The highest BCUT2D eigenvalue weighted by Crippen LogP contribution is 2.34. The summed E-state index contributed by atoms with van der Waals surface area (Å²) in [6.45, 7) is 0.215. The lowest BCUT2D eigenvalue weighted by molar-refractivity contribution is 0.0697. The van der Waals surface area contributed by atoms with Crippen molar-refractivity contribution in [1.29, 1.82) is 0 Å². The number of nitrogens with zero attached hydrogens (tertiary/aromatic N) is 3. The van der Waals surface area contributed by atoms with Gasteiger partial charge < -0.3 is 25.0 Å². The third-order valence-corrected chi connectivity index (χ3v) is 5.91. The molecule has 4 aromatic carbocycles. The van der Waals surface area contributed by atoms with Crippen molar-refractivity contribution in [3.63, 3.8) is 0 Å². The van der Waals surface area contributed by atoms with Gasteiger partial charge in [0.2, 0.25) is 0 Å². The first-order valence-electron chi connectivity index (χ1n) is 11.7. The molecule has 38 heavy (non-hydrogen) atoms. The van der Waals surface area contributed by atoms with Gasteiger partial charge in [0.1, 0.15) is 18.1 Å². The van der Waals surface area contributed by atoms with Gasteiger partial charge in [-0.05, 0) is 59.6 Å². The number of carbonyl (C=O) groups is 1. The van der Waals surface area contributed by atoms with Crippen LogP contribution in [0.15, 0.2) is 97.1 Å². The van der Waals surface area contributed by atoms with Gasteiger partial charge in [-0.2, -0.15) is 0 Å². The summed E-state index contributed by atoms with van der Waals surface area (Å²) in [6, 6.07) is 27.0. The molecule has 0 fully saturated rings. The van der Waals surface area contributed by atoms with Gasteiger partial charge >= 0.3 is 13.1 Å². The van der Waals surface area contributed by atoms with E-state index >= 15 is 0 Å². The largest absolute Gasteiger partial charge is 0.507 e. The van der Waals surface area contributed by atoms with E-state index in [0.29, 0.717) is 33.9 Å². The molecule has 0 aliphatic rings. The number of carboxylic acids is 1. The molecule has 10 heteroatoms. The van der Waals surface area contributed by atoms with Gasteiger partial charge in [-0.15, -0.1) is 5.10 Å². The molecule has 0 amide bonds. The number of carboxylic acid groups (broad SMARTS) is 1. The Morgan fingerprint density at radius 2 is 1.50 bits per heavy atom. The predicted octanol–water partition coefficient (Wildman–Crippen LogP) is 3.26. The Labute approximate surface area is 218 Å². The predicted molar refractivity (Wildman–Crippen MR) is 141 cm³/mol. The molecule has 188 valence electrons. The Bertz CT molecular complexity index is 1580. The zero-order valence-corrected chi connectivity index (χ0v) is 20.0. The van der Waals surface area contributed by atoms with E-state index in [2.05, 4.69) is 5.10 Å². The number of phenolic OH excluding ortho intramolecular Hbond substituents is 1. The van der Waals surface area contributed by atoms with Gasteiger partial charge in [-0.3, -0.25) is 0 Å². The highest BCUT2D eigenvalue weighted by atomic mass is 16.5. The average molecular weight is 507 g/mol. The lowest BCUT2D eigenvalue weighted by atomic mass is 9.80. The van der Waals surface area contributed by atoms with Gasteiger partial charge in [0, 0.05) is 0 Å². The minimum Gasteiger partial charge on any atom is -0.507 e. The van der Waals surface area contributed by atoms with E-state index in [1.54, 1.807) is 71.4 Å². The third-order valence-electron chi connectivity index (χ3n) is 5.91. The Morgan fingerprint density at radius 1 is 0.842 bits per heavy atom. The monoisotopic (exact) mass is 507 g/mol. The first-order valence-corrected chi connectivity index (χ1v) is 11.7. The number of hydrogen-bond donors (Lipinski definition) is 4. The van der Waals surface area contributed by atoms with E-state index in [0.717, 1.165) is 5.56 Å². The molecule has 0 spiro atoms. The SMILES string of the molecule is O=C(O)c1ccc(-n2nc(-c3ccccc3O)nc2-c2ccccc2OCc2ccc(B(O)O)cc2)cc1. The molecule has 0 aliphatic carbocycles. The summed E-state index contributed by atoms with van der Waals surface area (Å²) < 4.78 is 7.70. The van der Waals surface area contributed by atoms with Crippen LogP contribution in [0.3, 0.4) is 0 Å². The molecule has 0 saturated carbocycles. The molecule has 1 heterocycles. The second kappa shape index (κ2) is 10.6. The zero-order chi connectivity index (χ0) is 26.6. The smallest absolute Gasteiger partial charge is 0.488 e. The van der Waals surface area contributed by atoms with Crippen molar-refractivity contribution in [2.45, 2.75) is 6.61 Å². The van der Waals surface area contributed by atoms with E-state index in [1.807, 2.05) is 18.2 Å². The second-order valence-electron chi connectivity index (χ2n) is 8.44. The maximum Gasteiger partial charge on any atom is 0.488 e. The van der Waals surface area contributed by atoms with Gasteiger partial charge in [0.05, 0.1) is 22.4 Å². The summed E-state index contributed by atoms with van der Waals surface area (Å²) in [4.78, 5) is 16.1. The van der Waals surface area contributed by atoms with Gasteiger partial charge in [-0.1, -0.05) is 48.5 Å². The van der Waals surface area contributed by atoms with Crippen LogP contribution < -0.4 is 10.2 Å². The van der Waals surface area contributed by atoms with Crippen LogP contribution in [0.2, 0.25) is 0 Å². The summed E-state index contributed by atoms with van der Waals surface area (Å²) in [5.74, 6) is 0.233. The molecule has 9 nitrogen and oxygen atoms in total. The van der Waals surface area contributed by atoms with Crippen molar-refractivity contribution >= 4 is 18.6 Å². The molecule has 5 aromatic rings. The van der Waals surface area contributed by atoms with Crippen molar-refractivity contribution in [1.82, 2.24) is 14.8 Å². The van der Waals surface area contributed by atoms with E-state index in [1.165, 1.54) is 12.1 Å². The fourth-order valence-corrected chi connectivity index (χ4v) is 3.91. The van der Waals surface area contributed by atoms with Crippen LogP contribution in [0.4, 0.5) is 0 Å². The Balaban J connectivity index is 1.55. The van der Waals surface area contributed by atoms with Crippen LogP contribution in [0, 0.1) is 0 Å². The molecule has 0 radical (unpaired) electrons. The fraction of sp³-hybridized carbons (Fsp3) is 0.0357. The van der Waals surface area contributed by atoms with E-state index in [-0.39, 0.29) is 23.7 Å². The van der Waals surface area contributed by atoms with Crippen LogP contribution in [0.5, 0.6) is 11.5 Å². The molecule has 0 aliphatic heterocycles. The Kier molecular flexibility index (Phi) is 6.90. The number of aromatic hydroxyl groups is 1. The average Bonchev–Trinajstić information content (AvgIpc) is 3.37. The summed E-state index contributed by atoms with van der Waals surface area (Å²) in [5, 5.41) is 43.0. The zero-order valence-electron chi connectivity index (χ0n) is 20.0. The maximum absolute atomic E-state index is 11.3. The fourth-order valence-electron chi connectivity index (χ4n) is 3.91. The summed E-state index contributed by atoms with van der Waals surface area (Å²) in [7, 11) is -1.54. The molecular weight excluding hydrogens is 485 g/mol. The summed E-state index contributed by atoms with van der Waals surface area (Å²) in [6.07, 6.45) is 0. The van der Waals surface area contributed by atoms with Gasteiger partial charge in [-0.25, -0.2) is 14.5 Å². The minimum absolute atomic E-state index is 0.0263. The third kappa shape index (κ3) is 5.12. The number of aromatic nitrogens is 3. The minimum atomic E-state index is -1.54. The van der Waals surface area contributed by atoms with Crippen molar-refractivity contribution < 1.29 is 29.8 Å². The lowest BCUT2D eigenvalue weighted by Gasteiger charge is -2.12. The molecule has 0 saturated heterocycles. The second-order valence-corrected chi connectivity index (χ2v) is 8.44. The van der Waals surface area contributed by atoms with Crippen LogP contribution in [-0.4, -0.2) is 48.1 Å². The summed E-state index contributed by atoms with van der Waals surface area (Å²) >= 11 is 0. The molecule has 4 N–H and O–H groups in total. The van der Waals surface area contributed by atoms with Crippen molar-refractivity contribution in [3.05, 3.63) is 108 Å². The van der Waals surface area contributed by atoms with Crippen molar-refractivity contribution in [3.8, 4) is 40.0 Å². The van der Waals surface area contributed by atoms with Crippen molar-refractivity contribution in [2.75, 3.05) is 0 Å². The number of benzene rings is 4. The lowest BCUT2D eigenvalue weighted by Crippen LogP contribution is -2.29. The molecule has 0 atom stereocenters. The maximum atomic E-state index is 11.3. The normalized spacial score (nSPS) is 10.8. The van der Waals surface area contributed by atoms with Crippen LogP contribution in [-0.2, 0) is 6.61 Å². The van der Waals surface area contributed by atoms with E-state index < -0.39 is 13.1 Å². The van der Waals surface area contributed by atoms with Gasteiger partial charge in [0.15, 0.2) is 11.6 Å². The number of aromatic carboxylic acids is 1. The van der Waals surface area contributed by atoms with Crippen LogP contribution in [0.1, 0.15) is 15.9 Å². The van der Waals surface area contributed by atoms with Crippen LogP contribution in [0.25, 0.3) is 28.5 Å². The van der Waals surface area contributed by atoms with E-state index in [4.69, 9.17) is 9.72 Å². The first-order chi connectivity index (χ1) is 18.4. The quantitative estimate of drug-likeness (QED) is 0.235.